The van der Waals surface area contributed by atoms with Gasteiger partial charge in [0.2, 0.25) is 0 Å². The van der Waals surface area contributed by atoms with E-state index in [0.717, 1.165) is 36.8 Å². The van der Waals surface area contributed by atoms with Crippen LogP contribution in [0.5, 0.6) is 0 Å². The second-order valence-electron chi connectivity index (χ2n) is 8.73. The fraction of sp³-hybridized carbons (Fsp3) is 1.00. The maximum Gasteiger partial charge on any atom is 0.0558 e. The molecule has 6 unspecified atom stereocenters. The topological polar surface area (TPSA) is 87.4 Å². The van der Waals surface area contributed by atoms with Crippen molar-refractivity contribution in [1.29, 1.82) is 0 Å². The summed E-state index contributed by atoms with van der Waals surface area (Å²) in [5, 5.41) is 37.2. The molecule has 0 amide bonds. The Morgan fingerprint density at radius 2 is 1.15 bits per heavy atom. The number of aliphatic hydroxyl groups is 4. The Morgan fingerprint density at radius 3 is 1.69 bits per heavy atom. The molecule has 26 heavy (non-hydrogen) atoms. The minimum Gasteiger partial charge on any atom is -0.395 e. The molecule has 0 aliphatic heterocycles. The van der Waals surface area contributed by atoms with E-state index in [9.17, 15) is 20.4 Å². The predicted molar refractivity (Wildman–Crippen MR) is 101 cm³/mol. The van der Waals surface area contributed by atoms with E-state index in [-0.39, 0.29) is 26.4 Å². The van der Waals surface area contributed by atoms with E-state index in [1.165, 1.54) is 25.7 Å². The lowest BCUT2D eigenvalue weighted by Gasteiger charge is -2.38. The first-order chi connectivity index (χ1) is 12.7. The Kier molecular flexibility index (Phi) is 7.73. The first-order valence-electron chi connectivity index (χ1n) is 10.6. The molecule has 0 radical (unpaired) electrons. The number of hydrogen-bond donors (Lipinski definition) is 4. The highest BCUT2D eigenvalue weighted by Crippen LogP contribution is 2.62. The Labute approximate surface area is 157 Å². The van der Waals surface area contributed by atoms with Crippen LogP contribution in [-0.2, 0) is 0 Å². The van der Waals surface area contributed by atoms with Crippen LogP contribution in [0.25, 0.3) is 0 Å². The minimum atomic E-state index is 0.159. The van der Waals surface area contributed by atoms with E-state index in [0.29, 0.717) is 38.0 Å². The lowest BCUT2D eigenvalue weighted by Crippen LogP contribution is -2.41. The van der Waals surface area contributed by atoms with Gasteiger partial charge >= 0.3 is 0 Å². The molecule has 0 aromatic rings. The highest BCUT2D eigenvalue weighted by Gasteiger charge is 2.57. The summed E-state index contributed by atoms with van der Waals surface area (Å²) in [5.41, 5.74) is 0. The van der Waals surface area contributed by atoms with Crippen LogP contribution in [0.1, 0.15) is 25.7 Å². The van der Waals surface area contributed by atoms with E-state index in [1.54, 1.807) is 0 Å². The van der Waals surface area contributed by atoms with Crippen LogP contribution in [0.15, 0.2) is 0 Å². The third kappa shape index (κ3) is 4.42. The first-order valence-corrected chi connectivity index (χ1v) is 10.6. The Hall–Kier alpha value is -0.240. The zero-order chi connectivity index (χ0) is 18.5. The van der Waals surface area contributed by atoms with Gasteiger partial charge in [-0.15, -0.1) is 0 Å². The van der Waals surface area contributed by atoms with Crippen molar-refractivity contribution in [3.05, 3.63) is 0 Å². The van der Waals surface area contributed by atoms with Gasteiger partial charge in [0.05, 0.1) is 26.4 Å². The van der Waals surface area contributed by atoms with Crippen molar-refractivity contribution in [2.45, 2.75) is 25.7 Å². The van der Waals surface area contributed by atoms with Gasteiger partial charge < -0.3 is 20.4 Å². The largest absolute Gasteiger partial charge is 0.395 e. The smallest absolute Gasteiger partial charge is 0.0558 e. The Bertz CT molecular complexity index is 413. The minimum absolute atomic E-state index is 0.159. The molecule has 0 aromatic heterocycles. The molecule has 2 bridgehead atoms. The molecule has 3 fully saturated rings. The molecule has 3 rings (SSSR count). The predicted octanol–water partition coefficient (Wildman–Crippen LogP) is -0.142. The van der Waals surface area contributed by atoms with Gasteiger partial charge in [-0.05, 0) is 61.2 Å². The van der Waals surface area contributed by atoms with Crippen LogP contribution >= 0.6 is 0 Å². The van der Waals surface area contributed by atoms with Crippen LogP contribution in [-0.4, -0.2) is 95.9 Å². The van der Waals surface area contributed by atoms with Crippen molar-refractivity contribution in [3.8, 4) is 0 Å². The molecule has 0 saturated heterocycles. The Balaban J connectivity index is 1.60. The molecular weight excluding hydrogens is 332 g/mol. The van der Waals surface area contributed by atoms with E-state index in [2.05, 4.69) is 9.80 Å². The molecule has 3 saturated carbocycles. The van der Waals surface area contributed by atoms with E-state index >= 15 is 0 Å². The fourth-order valence-corrected chi connectivity index (χ4v) is 6.62. The molecule has 0 heterocycles. The van der Waals surface area contributed by atoms with Gasteiger partial charge in [-0.2, -0.15) is 0 Å². The van der Waals surface area contributed by atoms with Crippen molar-refractivity contribution in [2.75, 3.05) is 65.7 Å². The van der Waals surface area contributed by atoms with Crippen LogP contribution in [0, 0.1) is 35.5 Å². The summed E-state index contributed by atoms with van der Waals surface area (Å²) in [4.78, 5) is 4.46. The second kappa shape index (κ2) is 9.80. The number of aliphatic hydroxyl groups excluding tert-OH is 4. The highest BCUT2D eigenvalue weighted by atomic mass is 16.3. The van der Waals surface area contributed by atoms with Crippen LogP contribution in [0.2, 0.25) is 0 Å². The maximum absolute atomic E-state index is 9.30. The summed E-state index contributed by atoms with van der Waals surface area (Å²) < 4.78 is 0. The van der Waals surface area contributed by atoms with Gasteiger partial charge in [-0.1, -0.05) is 0 Å². The molecular formula is C20H38N2O4. The van der Waals surface area contributed by atoms with Crippen LogP contribution in [0.3, 0.4) is 0 Å². The lowest BCUT2D eigenvalue weighted by atomic mass is 9.72. The highest BCUT2D eigenvalue weighted by molar-refractivity contribution is 5.06. The average Bonchev–Trinajstić information content (AvgIpc) is 3.29. The molecule has 152 valence electrons. The number of rotatable bonds is 12. The summed E-state index contributed by atoms with van der Waals surface area (Å²) in [6.07, 6.45) is 5.33. The first kappa shape index (κ1) is 20.5. The van der Waals surface area contributed by atoms with E-state index in [1.807, 2.05) is 0 Å². The summed E-state index contributed by atoms with van der Waals surface area (Å²) in [6.45, 7) is 5.29. The molecule has 6 heteroatoms. The van der Waals surface area contributed by atoms with E-state index in [4.69, 9.17) is 0 Å². The normalized spacial score (nSPS) is 35.8. The van der Waals surface area contributed by atoms with Crippen molar-refractivity contribution < 1.29 is 20.4 Å². The van der Waals surface area contributed by atoms with Gasteiger partial charge in [-0.25, -0.2) is 0 Å². The van der Waals surface area contributed by atoms with Gasteiger partial charge in [0.25, 0.3) is 0 Å². The van der Waals surface area contributed by atoms with Gasteiger partial charge in [0.1, 0.15) is 0 Å². The average molecular weight is 371 g/mol. The summed E-state index contributed by atoms with van der Waals surface area (Å²) in [6, 6.07) is 0. The van der Waals surface area contributed by atoms with Crippen LogP contribution in [0.4, 0.5) is 0 Å². The van der Waals surface area contributed by atoms with Gasteiger partial charge in [0.15, 0.2) is 0 Å². The monoisotopic (exact) mass is 370 g/mol. The van der Waals surface area contributed by atoms with Gasteiger partial charge in [-0.3, -0.25) is 9.80 Å². The number of hydrogen-bond acceptors (Lipinski definition) is 6. The SMILES string of the molecule is OCCN(CCO)CC1CC2CC1C1C(CN(CCO)CCO)CCC21. The standard InChI is InChI=1S/C20H38N2O4/c23-7-3-21(4-8-24)13-15-1-2-18-16-11-17(19(12-16)20(15)18)14-22(5-9-25)6-10-26/h15-20,23-26H,1-14H2. The molecule has 3 aliphatic rings. The molecule has 4 N–H and O–H groups in total. The van der Waals surface area contributed by atoms with Crippen molar-refractivity contribution in [3.63, 3.8) is 0 Å². The summed E-state index contributed by atoms with van der Waals surface area (Å²) in [5.74, 6) is 4.72. The lowest BCUT2D eigenvalue weighted by molar-refractivity contribution is 0.0755. The number of fused-ring (bicyclic) bond motifs is 5. The molecule has 0 spiro atoms. The zero-order valence-corrected chi connectivity index (χ0v) is 16.0. The maximum atomic E-state index is 9.30. The molecule has 0 aromatic carbocycles. The fourth-order valence-electron chi connectivity index (χ4n) is 6.62. The molecule has 6 nitrogen and oxygen atoms in total. The summed E-state index contributed by atoms with van der Waals surface area (Å²) >= 11 is 0. The summed E-state index contributed by atoms with van der Waals surface area (Å²) in [7, 11) is 0. The Morgan fingerprint density at radius 1 is 0.615 bits per heavy atom. The molecule has 3 aliphatic carbocycles. The number of nitrogens with zero attached hydrogens (tertiary/aromatic N) is 2. The second-order valence-corrected chi connectivity index (χ2v) is 8.73. The van der Waals surface area contributed by atoms with E-state index < -0.39 is 0 Å². The van der Waals surface area contributed by atoms with Crippen LogP contribution < -0.4 is 0 Å². The van der Waals surface area contributed by atoms with Gasteiger partial charge in [0, 0.05) is 39.3 Å². The third-order valence-corrected chi connectivity index (χ3v) is 7.45. The van der Waals surface area contributed by atoms with Crippen molar-refractivity contribution >= 4 is 0 Å². The quantitative estimate of drug-likeness (QED) is 0.382. The molecule has 6 atom stereocenters. The van der Waals surface area contributed by atoms with Crippen molar-refractivity contribution in [1.82, 2.24) is 9.80 Å². The zero-order valence-electron chi connectivity index (χ0n) is 16.0. The third-order valence-electron chi connectivity index (χ3n) is 7.45. The van der Waals surface area contributed by atoms with Crippen molar-refractivity contribution in [2.24, 2.45) is 35.5 Å².